The molecule has 0 aromatic heterocycles. The van der Waals surface area contributed by atoms with E-state index in [0.29, 0.717) is 22.6 Å². The lowest BCUT2D eigenvalue weighted by molar-refractivity contribution is -0.146. The molecular weight excluding hydrogens is 523 g/mol. The van der Waals surface area contributed by atoms with Crippen LogP contribution >= 0.6 is 11.6 Å². The lowest BCUT2D eigenvalue weighted by atomic mass is 9.93. The number of aryl methyl sites for hydroxylation is 1. The number of aliphatic carboxylic acids is 1. The Labute approximate surface area is 221 Å². The molecule has 38 heavy (non-hydrogen) atoms. The first kappa shape index (κ1) is 27.3. The van der Waals surface area contributed by atoms with Crippen molar-refractivity contribution in [3.63, 3.8) is 0 Å². The molecule has 2 N–H and O–H groups in total. The van der Waals surface area contributed by atoms with Crippen molar-refractivity contribution in [2.75, 3.05) is 6.54 Å². The zero-order chi connectivity index (χ0) is 27.6. The number of carboxylic acids is 1. The van der Waals surface area contributed by atoms with Crippen molar-refractivity contribution in [2.24, 2.45) is 5.92 Å². The molecule has 0 aliphatic carbocycles. The summed E-state index contributed by atoms with van der Waals surface area (Å²) in [6, 6.07) is 16.2. The molecule has 2 amide bonds. The number of benzene rings is 3. The third-order valence-electron chi connectivity index (χ3n) is 6.61. The Kier molecular flexibility index (Phi) is 7.89. The summed E-state index contributed by atoms with van der Waals surface area (Å²) in [5.41, 5.74) is 1.77. The highest BCUT2D eigenvalue weighted by atomic mass is 35.5. The number of hydrogen-bond donors (Lipinski definition) is 2. The summed E-state index contributed by atoms with van der Waals surface area (Å²) in [6.07, 6.45) is -5.29. The van der Waals surface area contributed by atoms with Gasteiger partial charge in [-0.05, 0) is 66.3 Å². The van der Waals surface area contributed by atoms with Gasteiger partial charge in [-0.2, -0.15) is 13.2 Å². The van der Waals surface area contributed by atoms with E-state index in [9.17, 15) is 37.8 Å². The molecule has 0 bridgehead atoms. The van der Waals surface area contributed by atoms with E-state index in [2.05, 4.69) is 0 Å². The molecule has 1 heterocycles. The van der Waals surface area contributed by atoms with Crippen molar-refractivity contribution < 1.29 is 37.8 Å². The summed E-state index contributed by atoms with van der Waals surface area (Å²) >= 11 is 5.91. The Morgan fingerprint density at radius 2 is 1.45 bits per heavy atom. The van der Waals surface area contributed by atoms with Crippen LogP contribution < -0.4 is 0 Å². The molecular formula is C28H23ClF3NO5. The Balaban J connectivity index is 1.34. The van der Waals surface area contributed by atoms with Crippen molar-refractivity contribution in [3.8, 4) is 11.1 Å². The van der Waals surface area contributed by atoms with Crippen LogP contribution in [0.3, 0.4) is 0 Å². The average molecular weight is 546 g/mol. The first-order valence-electron chi connectivity index (χ1n) is 11.8. The number of carbonyl (C=O) groups is 3. The fourth-order valence-corrected chi connectivity index (χ4v) is 4.62. The molecule has 10 heteroatoms. The third-order valence-corrected chi connectivity index (χ3v) is 6.84. The average Bonchev–Trinajstić information content (AvgIpc) is 3.11. The van der Waals surface area contributed by atoms with E-state index < -0.39 is 41.5 Å². The van der Waals surface area contributed by atoms with Crippen LogP contribution in [0.4, 0.5) is 13.2 Å². The molecule has 3 aromatic rings. The Hall–Kier alpha value is -3.69. The lowest BCUT2D eigenvalue weighted by Crippen LogP contribution is -2.36. The van der Waals surface area contributed by atoms with Gasteiger partial charge in [-0.25, -0.2) is 0 Å². The van der Waals surface area contributed by atoms with Crippen LogP contribution in [0.15, 0.2) is 66.7 Å². The minimum absolute atomic E-state index is 0.119. The van der Waals surface area contributed by atoms with E-state index in [1.54, 1.807) is 24.3 Å². The standard InChI is InChI=1S/C28H23ClF3NO5/c29-20-10-11-21-23(15-20)26(36)33(25(21)35)14-13-22(27(37)38)24(34)12-3-16-1-4-17(5-2-16)18-6-8-19(9-7-18)28(30,31)32/h1-2,4-11,15,22,24,34H,3,12-14H2,(H,37,38)/t22?,24-/m1/s1. The Morgan fingerprint density at radius 1 is 0.868 bits per heavy atom. The molecule has 0 fully saturated rings. The van der Waals surface area contributed by atoms with Gasteiger partial charge in [-0.3, -0.25) is 19.3 Å². The van der Waals surface area contributed by atoms with E-state index in [0.717, 1.165) is 22.6 Å². The number of fused-ring (bicyclic) bond motifs is 1. The molecule has 1 aliphatic heterocycles. The second kappa shape index (κ2) is 11.0. The van der Waals surface area contributed by atoms with Crippen molar-refractivity contribution in [3.05, 3.63) is 94.0 Å². The molecule has 6 nitrogen and oxygen atoms in total. The number of rotatable bonds is 9. The largest absolute Gasteiger partial charge is 0.481 e. The SMILES string of the molecule is O=C(O)C(CCN1C(=O)c2ccc(Cl)cc2C1=O)[C@H](O)CCc1ccc(-c2ccc(C(F)(F)F)cc2)cc1. The van der Waals surface area contributed by atoms with Gasteiger partial charge in [-0.1, -0.05) is 48.0 Å². The highest BCUT2D eigenvalue weighted by molar-refractivity contribution is 6.32. The van der Waals surface area contributed by atoms with Gasteiger partial charge in [0.25, 0.3) is 11.8 Å². The van der Waals surface area contributed by atoms with Crippen molar-refractivity contribution in [1.29, 1.82) is 0 Å². The highest BCUT2D eigenvalue weighted by Gasteiger charge is 2.37. The first-order chi connectivity index (χ1) is 18.0. The van der Waals surface area contributed by atoms with Crippen LogP contribution in [-0.2, 0) is 17.4 Å². The number of halogens is 4. The van der Waals surface area contributed by atoms with Crippen molar-refractivity contribution in [2.45, 2.75) is 31.5 Å². The molecule has 0 saturated heterocycles. The topological polar surface area (TPSA) is 94.9 Å². The summed E-state index contributed by atoms with van der Waals surface area (Å²) in [5.74, 6) is -3.53. The smallest absolute Gasteiger partial charge is 0.416 e. The number of hydrogen-bond acceptors (Lipinski definition) is 4. The van der Waals surface area contributed by atoms with Crippen LogP contribution in [0, 0.1) is 5.92 Å². The zero-order valence-electron chi connectivity index (χ0n) is 19.9. The normalized spacial score (nSPS) is 14.9. The summed E-state index contributed by atoms with van der Waals surface area (Å²) in [4.78, 5) is 38.0. The van der Waals surface area contributed by atoms with E-state index >= 15 is 0 Å². The third kappa shape index (κ3) is 5.89. The van der Waals surface area contributed by atoms with Gasteiger partial charge in [0, 0.05) is 11.6 Å². The molecule has 0 saturated carbocycles. The van der Waals surface area contributed by atoms with Crippen molar-refractivity contribution >= 4 is 29.4 Å². The maximum Gasteiger partial charge on any atom is 0.416 e. The van der Waals surface area contributed by atoms with Gasteiger partial charge in [0.15, 0.2) is 0 Å². The number of amides is 2. The molecule has 0 spiro atoms. The molecule has 2 atom stereocenters. The number of carboxylic acid groups (broad SMARTS) is 1. The molecule has 3 aromatic carbocycles. The number of nitrogens with zero attached hydrogens (tertiary/aromatic N) is 1. The van der Waals surface area contributed by atoms with Crippen LogP contribution in [0.2, 0.25) is 5.02 Å². The summed E-state index contributed by atoms with van der Waals surface area (Å²) in [6.45, 7) is -0.167. The van der Waals surface area contributed by atoms with Crippen LogP contribution in [-0.4, -0.2) is 45.5 Å². The van der Waals surface area contributed by atoms with E-state index in [1.807, 2.05) is 0 Å². The zero-order valence-corrected chi connectivity index (χ0v) is 20.7. The van der Waals surface area contributed by atoms with Crippen LogP contribution in [0.1, 0.15) is 44.7 Å². The number of carbonyl (C=O) groups excluding carboxylic acids is 2. The predicted molar refractivity (Wildman–Crippen MR) is 134 cm³/mol. The minimum Gasteiger partial charge on any atom is -0.481 e. The second-order valence-corrected chi connectivity index (χ2v) is 9.50. The van der Waals surface area contributed by atoms with E-state index in [-0.39, 0.29) is 30.5 Å². The number of imide groups is 1. The summed E-state index contributed by atoms with van der Waals surface area (Å²) < 4.78 is 38.3. The van der Waals surface area contributed by atoms with Gasteiger partial charge in [0.2, 0.25) is 0 Å². The van der Waals surface area contributed by atoms with Crippen molar-refractivity contribution in [1.82, 2.24) is 4.90 Å². The molecule has 198 valence electrons. The van der Waals surface area contributed by atoms with Gasteiger partial charge in [-0.15, -0.1) is 0 Å². The fraction of sp³-hybridized carbons (Fsp3) is 0.250. The van der Waals surface area contributed by atoms with Gasteiger partial charge in [0.1, 0.15) is 0 Å². The Bertz CT molecular complexity index is 1360. The number of aliphatic hydroxyl groups excluding tert-OH is 1. The summed E-state index contributed by atoms with van der Waals surface area (Å²) in [5, 5.41) is 20.6. The van der Waals surface area contributed by atoms with Gasteiger partial charge in [0.05, 0.1) is 28.7 Å². The molecule has 4 rings (SSSR count). The Morgan fingerprint density at radius 3 is 2.03 bits per heavy atom. The number of aliphatic hydroxyl groups is 1. The quantitative estimate of drug-likeness (QED) is 0.336. The first-order valence-corrected chi connectivity index (χ1v) is 12.2. The van der Waals surface area contributed by atoms with Gasteiger partial charge >= 0.3 is 12.1 Å². The second-order valence-electron chi connectivity index (χ2n) is 9.06. The van der Waals surface area contributed by atoms with Gasteiger partial charge < -0.3 is 10.2 Å². The fourth-order valence-electron chi connectivity index (χ4n) is 4.45. The predicted octanol–water partition coefficient (Wildman–Crippen LogP) is 5.71. The monoisotopic (exact) mass is 545 g/mol. The highest BCUT2D eigenvalue weighted by Crippen LogP contribution is 2.31. The van der Waals surface area contributed by atoms with Crippen LogP contribution in [0.5, 0.6) is 0 Å². The van der Waals surface area contributed by atoms with E-state index in [1.165, 1.54) is 30.3 Å². The number of alkyl halides is 3. The van der Waals surface area contributed by atoms with E-state index in [4.69, 9.17) is 11.6 Å². The maximum absolute atomic E-state index is 12.8. The van der Waals surface area contributed by atoms with Crippen LogP contribution in [0.25, 0.3) is 11.1 Å². The molecule has 1 aliphatic rings. The molecule has 1 unspecified atom stereocenters. The maximum atomic E-state index is 12.8. The minimum atomic E-state index is -4.41. The lowest BCUT2D eigenvalue weighted by Gasteiger charge is -2.22. The molecule has 0 radical (unpaired) electrons. The summed E-state index contributed by atoms with van der Waals surface area (Å²) in [7, 11) is 0.